The lowest BCUT2D eigenvalue weighted by atomic mass is 9.93. The highest BCUT2D eigenvalue weighted by Crippen LogP contribution is 2.35. The molecule has 0 N–H and O–H groups in total. The van der Waals surface area contributed by atoms with Gasteiger partial charge in [0.25, 0.3) is 5.79 Å². The van der Waals surface area contributed by atoms with E-state index < -0.39 is 17.7 Å². The summed E-state index contributed by atoms with van der Waals surface area (Å²) in [5.74, 6) is -0.874. The summed E-state index contributed by atoms with van der Waals surface area (Å²) < 4.78 is 17.1. The third kappa shape index (κ3) is 6.22. The van der Waals surface area contributed by atoms with Gasteiger partial charge in [0.1, 0.15) is 18.8 Å². The van der Waals surface area contributed by atoms with Gasteiger partial charge in [-0.15, -0.1) is 0 Å². The van der Waals surface area contributed by atoms with Crippen molar-refractivity contribution < 1.29 is 23.8 Å². The maximum absolute atomic E-state index is 11.0. The Morgan fingerprint density at radius 3 is 2.07 bits per heavy atom. The zero-order valence-corrected chi connectivity index (χ0v) is 17.7. The third-order valence-electron chi connectivity index (χ3n) is 4.57. The summed E-state index contributed by atoms with van der Waals surface area (Å²) >= 11 is 2.28. The first-order valence-electron chi connectivity index (χ1n) is 9.41. The van der Waals surface area contributed by atoms with E-state index in [0.29, 0.717) is 19.4 Å². The van der Waals surface area contributed by atoms with Crippen molar-refractivity contribution in [1.82, 2.24) is 0 Å². The molecule has 2 fully saturated rings. The zero-order chi connectivity index (χ0) is 19.8. The summed E-state index contributed by atoms with van der Waals surface area (Å²) in [5.41, 5.74) is 1.19. The topological polar surface area (TPSA) is 61.8 Å². The molecule has 1 saturated heterocycles. The highest BCUT2D eigenvalue weighted by Gasteiger charge is 2.43. The van der Waals surface area contributed by atoms with Gasteiger partial charge in [0, 0.05) is 16.4 Å². The van der Waals surface area contributed by atoms with Crippen LogP contribution in [0.25, 0.3) is 0 Å². The molecule has 2 aromatic rings. The monoisotopic (exact) mass is 494 g/mol. The van der Waals surface area contributed by atoms with Crippen molar-refractivity contribution in [3.8, 4) is 5.75 Å². The molecule has 0 amide bonds. The quantitative estimate of drug-likeness (QED) is 0.341. The van der Waals surface area contributed by atoms with Crippen LogP contribution in [0.5, 0.6) is 5.75 Å². The summed E-state index contributed by atoms with van der Waals surface area (Å²) in [6, 6.07) is 18.2. The minimum Gasteiger partial charge on any atom is -0.489 e. The lowest BCUT2D eigenvalue weighted by Gasteiger charge is -2.38. The number of rotatable bonds is 3. The Hall–Kier alpha value is -2.09. The molecule has 1 heterocycles. The SMILES string of the molecule is Ic1ccc(OCc2ccccc2)cc1.O=C1CC(=O)OC2(CCCCC2)O1. The third-order valence-corrected chi connectivity index (χ3v) is 5.28. The molecule has 6 heteroatoms. The maximum atomic E-state index is 11.0. The highest BCUT2D eigenvalue weighted by atomic mass is 127. The van der Waals surface area contributed by atoms with Crippen LogP contribution in [0.1, 0.15) is 44.1 Å². The van der Waals surface area contributed by atoms with Gasteiger partial charge >= 0.3 is 11.9 Å². The fourth-order valence-corrected chi connectivity index (χ4v) is 3.55. The summed E-state index contributed by atoms with van der Waals surface area (Å²) in [6.07, 6.45) is 4.12. The molecule has 0 aromatic heterocycles. The van der Waals surface area contributed by atoms with Gasteiger partial charge in [-0.3, -0.25) is 9.59 Å². The lowest BCUT2D eigenvalue weighted by Crippen LogP contribution is -2.46. The Kier molecular flexibility index (Phi) is 7.30. The molecule has 1 aliphatic heterocycles. The predicted molar refractivity (Wildman–Crippen MR) is 113 cm³/mol. The molecule has 0 atom stereocenters. The van der Waals surface area contributed by atoms with Crippen molar-refractivity contribution in [1.29, 1.82) is 0 Å². The first kappa shape index (κ1) is 20.6. The Bertz CT molecular complexity index is 764. The number of hydrogen-bond donors (Lipinski definition) is 0. The minimum absolute atomic E-state index is 0.234. The van der Waals surface area contributed by atoms with E-state index in [4.69, 9.17) is 14.2 Å². The van der Waals surface area contributed by atoms with Crippen LogP contribution in [-0.4, -0.2) is 17.7 Å². The molecule has 0 bridgehead atoms. The first-order chi connectivity index (χ1) is 13.5. The van der Waals surface area contributed by atoms with Crippen LogP contribution < -0.4 is 4.74 Å². The zero-order valence-electron chi connectivity index (χ0n) is 15.6. The molecule has 1 saturated carbocycles. The van der Waals surface area contributed by atoms with Gasteiger partial charge in [0.15, 0.2) is 0 Å². The van der Waals surface area contributed by atoms with Crippen molar-refractivity contribution in [3.63, 3.8) is 0 Å². The lowest BCUT2D eigenvalue weighted by molar-refractivity contribution is -0.252. The Morgan fingerprint density at radius 1 is 0.857 bits per heavy atom. The number of halogens is 1. The van der Waals surface area contributed by atoms with E-state index in [1.165, 1.54) is 9.13 Å². The number of ether oxygens (including phenoxy) is 3. The van der Waals surface area contributed by atoms with E-state index in [1.54, 1.807) is 0 Å². The number of esters is 2. The molecule has 1 aliphatic carbocycles. The van der Waals surface area contributed by atoms with Crippen LogP contribution in [0.2, 0.25) is 0 Å². The molecular weight excluding hydrogens is 471 g/mol. The standard InChI is InChI=1S/C13H11IO.C9H12O4/c14-12-6-8-13(9-7-12)15-10-11-4-2-1-3-5-11;10-7-6-8(11)13-9(12-7)4-2-1-3-5-9/h1-9H,10H2;1-6H2. The van der Waals surface area contributed by atoms with Gasteiger partial charge in [0.05, 0.1) is 0 Å². The molecule has 28 heavy (non-hydrogen) atoms. The van der Waals surface area contributed by atoms with Gasteiger partial charge in [0.2, 0.25) is 0 Å². The van der Waals surface area contributed by atoms with Gasteiger partial charge in [-0.25, -0.2) is 0 Å². The van der Waals surface area contributed by atoms with Gasteiger partial charge in [-0.05, 0) is 65.3 Å². The highest BCUT2D eigenvalue weighted by molar-refractivity contribution is 14.1. The molecule has 148 valence electrons. The number of benzene rings is 2. The van der Waals surface area contributed by atoms with Crippen molar-refractivity contribution in [2.45, 2.75) is 50.9 Å². The summed E-state index contributed by atoms with van der Waals surface area (Å²) in [7, 11) is 0. The van der Waals surface area contributed by atoms with Gasteiger partial charge < -0.3 is 14.2 Å². The van der Waals surface area contributed by atoms with Gasteiger partial charge in [-0.2, -0.15) is 0 Å². The van der Waals surface area contributed by atoms with Crippen LogP contribution in [0.4, 0.5) is 0 Å². The molecule has 0 radical (unpaired) electrons. The van der Waals surface area contributed by atoms with Crippen LogP contribution in [0.3, 0.4) is 0 Å². The smallest absolute Gasteiger partial charge is 0.320 e. The fraction of sp³-hybridized carbons (Fsp3) is 0.364. The van der Waals surface area contributed by atoms with Crippen LogP contribution in [0, 0.1) is 3.57 Å². The predicted octanol–water partition coefficient (Wildman–Crippen LogP) is 5.01. The van der Waals surface area contributed by atoms with Crippen molar-refractivity contribution >= 4 is 34.5 Å². The fourth-order valence-electron chi connectivity index (χ4n) is 3.19. The average Bonchev–Trinajstić information content (AvgIpc) is 2.68. The summed E-state index contributed by atoms with van der Waals surface area (Å²) in [4.78, 5) is 22.0. The second kappa shape index (κ2) is 9.91. The van der Waals surface area contributed by atoms with Crippen molar-refractivity contribution in [3.05, 3.63) is 63.7 Å². The largest absolute Gasteiger partial charge is 0.489 e. The van der Waals surface area contributed by atoms with E-state index in [9.17, 15) is 9.59 Å². The summed E-state index contributed by atoms with van der Waals surface area (Å²) in [5, 5.41) is 0. The minimum atomic E-state index is -0.898. The summed E-state index contributed by atoms with van der Waals surface area (Å²) in [6.45, 7) is 0.626. The molecule has 4 rings (SSSR count). The second-order valence-corrected chi connectivity index (χ2v) is 8.07. The Morgan fingerprint density at radius 2 is 1.46 bits per heavy atom. The Balaban J connectivity index is 0.000000162. The van der Waals surface area contributed by atoms with E-state index in [-0.39, 0.29) is 6.42 Å². The molecule has 2 aromatic carbocycles. The van der Waals surface area contributed by atoms with E-state index in [0.717, 1.165) is 25.0 Å². The number of carbonyl (C=O) groups excluding carboxylic acids is 2. The number of hydrogen-bond acceptors (Lipinski definition) is 5. The first-order valence-corrected chi connectivity index (χ1v) is 10.5. The molecular formula is C22H23IO5. The molecule has 5 nitrogen and oxygen atoms in total. The average molecular weight is 494 g/mol. The number of carbonyl (C=O) groups is 2. The van der Waals surface area contributed by atoms with Crippen molar-refractivity contribution in [2.24, 2.45) is 0 Å². The van der Waals surface area contributed by atoms with Gasteiger partial charge in [-0.1, -0.05) is 36.8 Å². The maximum Gasteiger partial charge on any atom is 0.320 e. The van der Waals surface area contributed by atoms with Crippen molar-refractivity contribution in [2.75, 3.05) is 0 Å². The van der Waals surface area contributed by atoms with Crippen LogP contribution in [-0.2, 0) is 25.7 Å². The van der Waals surface area contributed by atoms with E-state index in [2.05, 4.69) is 34.7 Å². The molecule has 2 aliphatic rings. The second-order valence-electron chi connectivity index (χ2n) is 6.82. The van der Waals surface area contributed by atoms with E-state index >= 15 is 0 Å². The van der Waals surface area contributed by atoms with Crippen LogP contribution >= 0.6 is 22.6 Å². The molecule has 1 spiro atoms. The van der Waals surface area contributed by atoms with Crippen LogP contribution in [0.15, 0.2) is 54.6 Å². The van der Waals surface area contributed by atoms with E-state index in [1.807, 2.05) is 42.5 Å². The normalized spacial score (nSPS) is 17.8. The Labute approximate surface area is 178 Å². The molecule has 0 unspecified atom stereocenters.